The molecular weight excluding hydrogens is 226 g/mol. The molecule has 0 aromatic heterocycles. The zero-order valence-corrected chi connectivity index (χ0v) is 11.9. The first-order valence-corrected chi connectivity index (χ1v) is 6.75. The van der Waals surface area contributed by atoms with Crippen molar-refractivity contribution in [1.29, 1.82) is 0 Å². The molecule has 18 heavy (non-hydrogen) atoms. The van der Waals surface area contributed by atoms with Crippen LogP contribution in [0.1, 0.15) is 38.8 Å². The van der Waals surface area contributed by atoms with Crippen LogP contribution in [0.4, 0.5) is 0 Å². The molecule has 2 unspecified atom stereocenters. The molecule has 0 saturated carbocycles. The van der Waals surface area contributed by atoms with Gasteiger partial charge in [0.25, 0.3) is 0 Å². The van der Waals surface area contributed by atoms with Crippen molar-refractivity contribution in [3.63, 3.8) is 0 Å². The van der Waals surface area contributed by atoms with Crippen molar-refractivity contribution in [1.82, 2.24) is 5.32 Å². The number of ether oxygens (including phenoxy) is 2. The van der Waals surface area contributed by atoms with Gasteiger partial charge in [0.2, 0.25) is 0 Å². The van der Waals surface area contributed by atoms with E-state index >= 15 is 0 Å². The van der Waals surface area contributed by atoms with Crippen LogP contribution in [0.2, 0.25) is 0 Å². The summed E-state index contributed by atoms with van der Waals surface area (Å²) in [6, 6.07) is 8.45. The van der Waals surface area contributed by atoms with Gasteiger partial charge in [0.05, 0.1) is 19.3 Å². The van der Waals surface area contributed by atoms with E-state index in [4.69, 9.17) is 9.47 Å². The Morgan fingerprint density at radius 2 is 1.78 bits per heavy atom. The Morgan fingerprint density at radius 3 is 2.22 bits per heavy atom. The zero-order chi connectivity index (χ0) is 13.4. The number of nitrogens with one attached hydrogen (secondary N) is 1. The molecule has 1 N–H and O–H groups in total. The van der Waals surface area contributed by atoms with Crippen molar-refractivity contribution in [2.45, 2.75) is 39.3 Å². The van der Waals surface area contributed by atoms with E-state index in [0.29, 0.717) is 0 Å². The molecule has 0 spiro atoms. The van der Waals surface area contributed by atoms with Crippen LogP contribution in [0.15, 0.2) is 24.3 Å². The van der Waals surface area contributed by atoms with Crippen LogP contribution in [-0.4, -0.2) is 26.4 Å². The lowest BCUT2D eigenvalue weighted by atomic mass is 9.99. The number of hydrogen-bond donors (Lipinski definition) is 1. The first-order valence-electron chi connectivity index (χ1n) is 6.75. The Labute approximate surface area is 110 Å². The third-order valence-corrected chi connectivity index (χ3v) is 3.05. The lowest BCUT2D eigenvalue weighted by Crippen LogP contribution is -2.33. The molecule has 102 valence electrons. The second-order valence-corrected chi connectivity index (χ2v) is 4.21. The van der Waals surface area contributed by atoms with Gasteiger partial charge in [0.15, 0.2) is 0 Å². The molecule has 0 amide bonds. The van der Waals surface area contributed by atoms with Crippen LogP contribution >= 0.6 is 0 Å². The van der Waals surface area contributed by atoms with E-state index in [-0.39, 0.29) is 12.1 Å². The Bertz CT molecular complexity index is 324. The monoisotopic (exact) mass is 251 g/mol. The molecule has 1 aromatic carbocycles. The van der Waals surface area contributed by atoms with Crippen LogP contribution in [0, 0.1) is 0 Å². The van der Waals surface area contributed by atoms with Crippen molar-refractivity contribution in [3.05, 3.63) is 29.8 Å². The van der Waals surface area contributed by atoms with Crippen LogP contribution < -0.4 is 10.1 Å². The fraction of sp³-hybridized carbons (Fsp3) is 0.600. The third kappa shape index (κ3) is 4.00. The highest BCUT2D eigenvalue weighted by atomic mass is 16.5. The number of benzene rings is 1. The lowest BCUT2D eigenvalue weighted by Gasteiger charge is -2.27. The Balaban J connectivity index is 2.87. The average molecular weight is 251 g/mol. The lowest BCUT2D eigenvalue weighted by molar-refractivity contribution is 0.0318. The van der Waals surface area contributed by atoms with Gasteiger partial charge in [-0.1, -0.05) is 26.0 Å². The Morgan fingerprint density at radius 1 is 1.11 bits per heavy atom. The quantitative estimate of drug-likeness (QED) is 0.770. The molecule has 1 aromatic rings. The van der Waals surface area contributed by atoms with E-state index in [1.165, 1.54) is 5.56 Å². The van der Waals surface area contributed by atoms with E-state index in [1.54, 1.807) is 7.11 Å². The fourth-order valence-electron chi connectivity index (χ4n) is 2.16. The summed E-state index contributed by atoms with van der Waals surface area (Å²) in [5.74, 6) is 0.887. The highest BCUT2D eigenvalue weighted by Crippen LogP contribution is 2.23. The largest absolute Gasteiger partial charge is 0.497 e. The molecule has 0 heterocycles. The van der Waals surface area contributed by atoms with Gasteiger partial charge in [-0.3, -0.25) is 0 Å². The third-order valence-electron chi connectivity index (χ3n) is 3.05. The maximum Gasteiger partial charge on any atom is 0.118 e. The summed E-state index contributed by atoms with van der Waals surface area (Å²) in [4.78, 5) is 0. The molecule has 0 aliphatic heterocycles. The SMILES string of the molecule is CCNC(c1ccc(OC)cc1)C(CC)OCC. The van der Waals surface area contributed by atoms with Crippen LogP contribution in [0.25, 0.3) is 0 Å². The molecule has 3 nitrogen and oxygen atoms in total. The second-order valence-electron chi connectivity index (χ2n) is 4.21. The minimum Gasteiger partial charge on any atom is -0.497 e. The summed E-state index contributed by atoms with van der Waals surface area (Å²) in [6.45, 7) is 8.00. The first-order chi connectivity index (χ1) is 8.76. The van der Waals surface area contributed by atoms with Gasteiger partial charge in [-0.05, 0) is 37.6 Å². The van der Waals surface area contributed by atoms with Gasteiger partial charge in [0, 0.05) is 6.61 Å². The molecular formula is C15H25NO2. The normalized spacial score (nSPS) is 14.2. The van der Waals surface area contributed by atoms with Gasteiger partial charge >= 0.3 is 0 Å². The highest BCUT2D eigenvalue weighted by Gasteiger charge is 2.21. The number of hydrogen-bond acceptors (Lipinski definition) is 3. The smallest absolute Gasteiger partial charge is 0.118 e. The van der Waals surface area contributed by atoms with Crippen LogP contribution in [0.5, 0.6) is 5.75 Å². The maximum absolute atomic E-state index is 5.82. The Kier molecular flexibility index (Phi) is 6.76. The number of methoxy groups -OCH3 is 1. The molecule has 0 aliphatic rings. The molecule has 0 radical (unpaired) electrons. The van der Waals surface area contributed by atoms with Crippen LogP contribution in [-0.2, 0) is 4.74 Å². The highest BCUT2D eigenvalue weighted by molar-refractivity contribution is 5.29. The topological polar surface area (TPSA) is 30.5 Å². The summed E-state index contributed by atoms with van der Waals surface area (Å²) in [6.07, 6.45) is 1.21. The zero-order valence-electron chi connectivity index (χ0n) is 11.9. The van der Waals surface area contributed by atoms with Gasteiger partial charge in [-0.25, -0.2) is 0 Å². The molecule has 0 aliphatic carbocycles. The van der Waals surface area contributed by atoms with Crippen molar-refractivity contribution in [2.75, 3.05) is 20.3 Å². The van der Waals surface area contributed by atoms with Crippen molar-refractivity contribution < 1.29 is 9.47 Å². The van der Waals surface area contributed by atoms with E-state index in [1.807, 2.05) is 19.1 Å². The van der Waals surface area contributed by atoms with Crippen molar-refractivity contribution >= 4 is 0 Å². The summed E-state index contributed by atoms with van der Waals surface area (Å²) < 4.78 is 11.0. The Hall–Kier alpha value is -1.06. The van der Waals surface area contributed by atoms with E-state index in [9.17, 15) is 0 Å². The summed E-state index contributed by atoms with van der Waals surface area (Å²) in [5, 5.41) is 3.51. The van der Waals surface area contributed by atoms with Crippen LogP contribution in [0.3, 0.4) is 0 Å². The molecule has 0 fully saturated rings. The summed E-state index contributed by atoms with van der Waals surface area (Å²) in [5.41, 5.74) is 1.25. The second kappa shape index (κ2) is 8.11. The molecule has 0 bridgehead atoms. The fourth-order valence-corrected chi connectivity index (χ4v) is 2.16. The minimum absolute atomic E-state index is 0.211. The maximum atomic E-state index is 5.82. The predicted octanol–water partition coefficient (Wildman–Crippen LogP) is 3.16. The van der Waals surface area contributed by atoms with Gasteiger partial charge < -0.3 is 14.8 Å². The minimum atomic E-state index is 0.211. The molecule has 0 saturated heterocycles. The average Bonchev–Trinajstić information content (AvgIpc) is 2.43. The summed E-state index contributed by atoms with van der Waals surface area (Å²) in [7, 11) is 1.69. The van der Waals surface area contributed by atoms with Gasteiger partial charge in [-0.15, -0.1) is 0 Å². The van der Waals surface area contributed by atoms with E-state index in [2.05, 4.69) is 31.3 Å². The van der Waals surface area contributed by atoms with E-state index < -0.39 is 0 Å². The predicted molar refractivity (Wildman–Crippen MR) is 75.1 cm³/mol. The number of likely N-dealkylation sites (N-methyl/N-ethyl adjacent to an activating group) is 1. The first kappa shape index (κ1) is 15.0. The van der Waals surface area contributed by atoms with Crippen molar-refractivity contribution in [3.8, 4) is 5.75 Å². The summed E-state index contributed by atoms with van der Waals surface area (Å²) >= 11 is 0. The number of rotatable bonds is 8. The molecule has 3 heteroatoms. The molecule has 2 atom stereocenters. The van der Waals surface area contributed by atoms with Gasteiger partial charge in [-0.2, -0.15) is 0 Å². The van der Waals surface area contributed by atoms with Gasteiger partial charge in [0.1, 0.15) is 5.75 Å². The molecule has 1 rings (SSSR count). The standard InChI is InChI=1S/C15H25NO2/c1-5-14(18-7-3)15(16-6-2)12-8-10-13(17-4)11-9-12/h8-11,14-16H,5-7H2,1-4H3. The van der Waals surface area contributed by atoms with E-state index in [0.717, 1.165) is 25.3 Å². The van der Waals surface area contributed by atoms with Crippen molar-refractivity contribution in [2.24, 2.45) is 0 Å².